The Labute approximate surface area is 330 Å². The van der Waals surface area contributed by atoms with Crippen LogP contribution < -0.4 is 26.0 Å². The first-order chi connectivity index (χ1) is 27.3. The van der Waals surface area contributed by atoms with E-state index < -0.39 is 0 Å². The summed E-state index contributed by atoms with van der Waals surface area (Å²) >= 11 is 0. The summed E-state index contributed by atoms with van der Waals surface area (Å²) in [5, 5.41) is 0. The molecule has 8 aromatic rings. The molecule has 0 amide bonds. The molecule has 8 aromatic carbocycles. The van der Waals surface area contributed by atoms with E-state index in [0.717, 1.165) is 28.4 Å². The van der Waals surface area contributed by atoms with Gasteiger partial charge in [-0.3, -0.25) is 0 Å². The molecule has 2 aliphatic heterocycles. The number of anilines is 3. The topological polar surface area (TPSA) is 12.5 Å². The van der Waals surface area contributed by atoms with Gasteiger partial charge in [0.1, 0.15) is 11.5 Å². The van der Waals surface area contributed by atoms with E-state index in [2.05, 4.69) is 215 Å². The van der Waals surface area contributed by atoms with Crippen LogP contribution in [0.2, 0.25) is 0 Å². The largest absolute Gasteiger partial charge is 0.458 e. The fraction of sp³-hybridized carbons (Fsp3) is 0.0943. The van der Waals surface area contributed by atoms with Crippen LogP contribution in [0.3, 0.4) is 0 Å². The van der Waals surface area contributed by atoms with Crippen molar-refractivity contribution in [1.29, 1.82) is 0 Å². The van der Waals surface area contributed by atoms with Crippen LogP contribution in [0.15, 0.2) is 182 Å². The molecule has 0 spiro atoms. The molecule has 0 fully saturated rings. The zero-order valence-electron chi connectivity index (χ0n) is 32.3. The summed E-state index contributed by atoms with van der Waals surface area (Å²) in [4.78, 5) is 2.52. The van der Waals surface area contributed by atoms with Crippen LogP contribution >= 0.6 is 0 Å². The molecule has 0 aromatic heterocycles. The van der Waals surface area contributed by atoms with E-state index in [1.54, 1.807) is 0 Å². The number of rotatable bonds is 5. The van der Waals surface area contributed by atoms with E-state index >= 15 is 0 Å². The van der Waals surface area contributed by atoms with E-state index in [1.165, 1.54) is 72.1 Å². The van der Waals surface area contributed by atoms with Crippen molar-refractivity contribution in [3.8, 4) is 56.0 Å². The van der Waals surface area contributed by atoms with Crippen molar-refractivity contribution in [3.63, 3.8) is 0 Å². The van der Waals surface area contributed by atoms with E-state index in [1.807, 2.05) is 0 Å². The third-order valence-electron chi connectivity index (χ3n) is 11.5. The van der Waals surface area contributed by atoms with Gasteiger partial charge in [-0.15, -0.1) is 0 Å². The van der Waals surface area contributed by atoms with Gasteiger partial charge in [-0.25, -0.2) is 0 Å². The van der Waals surface area contributed by atoms with E-state index in [-0.39, 0.29) is 12.1 Å². The van der Waals surface area contributed by atoms with Crippen molar-refractivity contribution < 1.29 is 4.74 Å². The highest BCUT2D eigenvalue weighted by Gasteiger charge is 2.42. The molecule has 0 bridgehead atoms. The number of nitrogens with zero attached hydrogens (tertiary/aromatic N) is 1. The third kappa shape index (κ3) is 5.83. The second kappa shape index (κ2) is 13.3. The fourth-order valence-corrected chi connectivity index (χ4v) is 8.68. The molecule has 56 heavy (non-hydrogen) atoms. The number of aryl methyl sites for hydroxylation is 1. The summed E-state index contributed by atoms with van der Waals surface area (Å²) < 4.78 is 6.90. The Morgan fingerprint density at radius 2 is 0.982 bits per heavy atom. The Bertz CT molecular complexity index is 2750. The zero-order valence-corrected chi connectivity index (χ0v) is 32.3. The first-order valence-corrected chi connectivity index (χ1v) is 19.6. The molecule has 0 unspecified atom stereocenters. The normalized spacial score (nSPS) is 12.7. The average Bonchev–Trinajstić information content (AvgIpc) is 3.23. The van der Waals surface area contributed by atoms with Crippen molar-refractivity contribution in [1.82, 2.24) is 0 Å². The van der Waals surface area contributed by atoms with Crippen molar-refractivity contribution in [3.05, 3.63) is 193 Å². The Kier molecular flexibility index (Phi) is 8.08. The lowest BCUT2D eigenvalue weighted by molar-refractivity contribution is 0.487. The van der Waals surface area contributed by atoms with Crippen molar-refractivity contribution in [2.45, 2.75) is 33.1 Å². The minimum atomic E-state index is -0.0119. The molecule has 0 radical (unpaired) electrons. The lowest BCUT2D eigenvalue weighted by Gasteiger charge is -2.41. The molecule has 2 nitrogen and oxygen atoms in total. The quantitative estimate of drug-likeness (QED) is 0.164. The molecule has 0 atom stereocenters. The van der Waals surface area contributed by atoms with Gasteiger partial charge in [0, 0.05) is 16.9 Å². The summed E-state index contributed by atoms with van der Waals surface area (Å²) in [6.07, 6.45) is 0. The standard InChI is InChI=1S/C53H42BNO/c1-35-30-49-52-51(31-35)56-50-29-24-41(37-16-10-6-11-17-37)33-46(50)54(52)45-27-22-42(38-18-12-7-13-19-38)34-48(45)55(49)47-28-23-40(36-14-8-5-9-15-36)32-44(47)39-20-25-43(26-21-39)53(2,3)4/h5-34H,1-4H3. The molecule has 0 aliphatic carbocycles. The van der Waals surface area contributed by atoms with Crippen molar-refractivity contribution >= 4 is 40.2 Å². The monoisotopic (exact) mass is 719 g/mol. The maximum absolute atomic E-state index is 6.90. The van der Waals surface area contributed by atoms with Gasteiger partial charge in [0.05, 0.1) is 5.69 Å². The van der Waals surface area contributed by atoms with Gasteiger partial charge >= 0.3 is 0 Å². The third-order valence-corrected chi connectivity index (χ3v) is 11.5. The molecular formula is C53H42BNO. The van der Waals surface area contributed by atoms with Gasteiger partial charge in [0.15, 0.2) is 0 Å². The van der Waals surface area contributed by atoms with Crippen LogP contribution in [-0.4, -0.2) is 6.71 Å². The zero-order chi connectivity index (χ0) is 38.0. The number of fused-ring (bicyclic) bond motifs is 4. The molecule has 0 saturated carbocycles. The van der Waals surface area contributed by atoms with E-state index in [0.29, 0.717) is 0 Å². The molecule has 3 heteroatoms. The molecule has 0 saturated heterocycles. The summed E-state index contributed by atoms with van der Waals surface area (Å²) in [7, 11) is 0. The lowest BCUT2D eigenvalue weighted by Crippen LogP contribution is -2.59. The van der Waals surface area contributed by atoms with Gasteiger partial charge < -0.3 is 9.64 Å². The second-order valence-corrected chi connectivity index (χ2v) is 16.2. The maximum atomic E-state index is 6.90. The molecule has 0 N–H and O–H groups in total. The number of ether oxygens (including phenoxy) is 1. The fourth-order valence-electron chi connectivity index (χ4n) is 8.68. The molecule has 268 valence electrons. The summed E-state index contributed by atoms with van der Waals surface area (Å²) in [6, 6.07) is 66.7. The first kappa shape index (κ1) is 34.0. The Morgan fingerprint density at radius 3 is 1.61 bits per heavy atom. The van der Waals surface area contributed by atoms with Gasteiger partial charge in [0.25, 0.3) is 6.71 Å². The molecule has 2 heterocycles. The predicted molar refractivity (Wildman–Crippen MR) is 237 cm³/mol. The molecule has 2 aliphatic rings. The van der Waals surface area contributed by atoms with E-state index in [4.69, 9.17) is 4.74 Å². The SMILES string of the molecule is Cc1cc2c3c(c1)N(c1ccc(-c4ccccc4)cc1-c1ccc(C(C)(C)C)cc1)c1cc(-c4ccccc4)ccc1B3c1cc(-c3ccccc3)ccc1O2. The number of hydrogen-bond donors (Lipinski definition) is 0. The minimum Gasteiger partial charge on any atom is -0.458 e. The summed E-state index contributed by atoms with van der Waals surface area (Å²) in [6.45, 7) is 9.00. The average molecular weight is 720 g/mol. The maximum Gasteiger partial charge on any atom is 0.256 e. The number of benzene rings is 8. The summed E-state index contributed by atoms with van der Waals surface area (Å²) in [5.41, 5.74) is 19.2. The Morgan fingerprint density at radius 1 is 0.429 bits per heavy atom. The van der Waals surface area contributed by atoms with Crippen LogP contribution in [0.25, 0.3) is 44.5 Å². The van der Waals surface area contributed by atoms with Crippen LogP contribution in [-0.2, 0) is 5.41 Å². The Balaban J connectivity index is 1.25. The van der Waals surface area contributed by atoms with Crippen molar-refractivity contribution in [2.75, 3.05) is 4.90 Å². The number of hydrogen-bond acceptors (Lipinski definition) is 2. The highest BCUT2D eigenvalue weighted by molar-refractivity contribution is 6.99. The van der Waals surface area contributed by atoms with Crippen LogP contribution in [0.5, 0.6) is 11.5 Å². The second-order valence-electron chi connectivity index (χ2n) is 16.2. The predicted octanol–water partition coefficient (Wildman–Crippen LogP) is 12.4. The smallest absolute Gasteiger partial charge is 0.256 e. The van der Waals surface area contributed by atoms with Crippen molar-refractivity contribution in [2.24, 2.45) is 0 Å². The van der Waals surface area contributed by atoms with Crippen LogP contribution in [0.1, 0.15) is 31.9 Å². The highest BCUT2D eigenvalue weighted by atomic mass is 16.5. The lowest BCUT2D eigenvalue weighted by atomic mass is 9.34. The molecule has 10 rings (SSSR count). The van der Waals surface area contributed by atoms with Gasteiger partial charge in [0.2, 0.25) is 0 Å². The van der Waals surface area contributed by atoms with Crippen LogP contribution in [0.4, 0.5) is 17.1 Å². The first-order valence-electron chi connectivity index (χ1n) is 19.6. The minimum absolute atomic E-state index is 0.0119. The highest BCUT2D eigenvalue weighted by Crippen LogP contribution is 2.47. The van der Waals surface area contributed by atoms with E-state index in [9.17, 15) is 0 Å². The van der Waals surface area contributed by atoms with Crippen LogP contribution in [0, 0.1) is 6.92 Å². The summed E-state index contributed by atoms with van der Waals surface area (Å²) in [5.74, 6) is 1.84. The van der Waals surface area contributed by atoms with Gasteiger partial charge in [-0.1, -0.05) is 166 Å². The molecular weight excluding hydrogens is 677 g/mol. The Hall–Kier alpha value is -6.58. The van der Waals surface area contributed by atoms with Gasteiger partial charge in [-0.2, -0.15) is 0 Å². The van der Waals surface area contributed by atoms with Gasteiger partial charge in [-0.05, 0) is 115 Å².